The highest BCUT2D eigenvalue weighted by Gasteiger charge is 2.32. The van der Waals surface area contributed by atoms with Gasteiger partial charge in [-0.05, 0) is 24.3 Å². The number of anilines is 2. The lowest BCUT2D eigenvalue weighted by molar-refractivity contribution is -0.128. The van der Waals surface area contributed by atoms with Crippen LogP contribution in [0.25, 0.3) is 0 Å². The van der Waals surface area contributed by atoms with Crippen LogP contribution >= 0.6 is 0 Å². The van der Waals surface area contributed by atoms with Crippen molar-refractivity contribution in [1.29, 1.82) is 0 Å². The summed E-state index contributed by atoms with van der Waals surface area (Å²) in [6.45, 7) is 0.151. The number of carbonyl (C=O) groups is 2. The SMILES string of the molecule is COc1cccc(N2CN(c3cccc(OC)c3)C(=O)CC2=O)c1. The summed E-state index contributed by atoms with van der Waals surface area (Å²) in [5, 5.41) is 0. The first-order valence-corrected chi connectivity index (χ1v) is 7.51. The molecular formula is C18H18N2O4. The Kier molecular flexibility index (Phi) is 4.37. The summed E-state index contributed by atoms with van der Waals surface area (Å²) in [5.74, 6) is 0.857. The van der Waals surface area contributed by atoms with E-state index < -0.39 is 0 Å². The lowest BCUT2D eigenvalue weighted by Gasteiger charge is -2.35. The van der Waals surface area contributed by atoms with E-state index in [4.69, 9.17) is 9.47 Å². The van der Waals surface area contributed by atoms with Crippen LogP contribution in [0, 0.1) is 0 Å². The lowest BCUT2D eigenvalue weighted by Crippen LogP contribution is -2.51. The van der Waals surface area contributed by atoms with E-state index >= 15 is 0 Å². The highest BCUT2D eigenvalue weighted by molar-refractivity contribution is 6.13. The molecule has 24 heavy (non-hydrogen) atoms. The smallest absolute Gasteiger partial charge is 0.237 e. The van der Waals surface area contributed by atoms with Crippen LogP contribution in [0.3, 0.4) is 0 Å². The van der Waals surface area contributed by atoms with Gasteiger partial charge in [0.2, 0.25) is 11.8 Å². The van der Waals surface area contributed by atoms with Gasteiger partial charge in [-0.2, -0.15) is 0 Å². The molecule has 6 nitrogen and oxygen atoms in total. The average Bonchev–Trinajstić information content (AvgIpc) is 2.62. The number of rotatable bonds is 4. The zero-order valence-corrected chi connectivity index (χ0v) is 13.6. The van der Waals surface area contributed by atoms with Crippen LogP contribution < -0.4 is 19.3 Å². The molecule has 2 amide bonds. The molecule has 1 saturated heterocycles. The fourth-order valence-electron chi connectivity index (χ4n) is 2.63. The molecule has 124 valence electrons. The second kappa shape index (κ2) is 6.62. The van der Waals surface area contributed by atoms with Gasteiger partial charge in [-0.1, -0.05) is 12.1 Å². The van der Waals surface area contributed by atoms with Crippen LogP contribution in [-0.4, -0.2) is 32.7 Å². The van der Waals surface area contributed by atoms with Crippen molar-refractivity contribution < 1.29 is 19.1 Å². The van der Waals surface area contributed by atoms with Crippen LogP contribution in [0.4, 0.5) is 11.4 Å². The summed E-state index contributed by atoms with van der Waals surface area (Å²) >= 11 is 0. The molecule has 0 saturated carbocycles. The Labute approximate surface area is 140 Å². The number of ether oxygens (including phenoxy) is 2. The zero-order valence-electron chi connectivity index (χ0n) is 13.6. The summed E-state index contributed by atoms with van der Waals surface area (Å²) in [6.07, 6.45) is -0.172. The standard InChI is InChI=1S/C18H18N2O4/c1-23-15-7-3-5-13(9-15)19-12-20(18(22)11-17(19)21)14-6-4-8-16(10-14)24-2/h3-10H,11-12H2,1-2H3. The predicted octanol–water partition coefficient (Wildman–Crippen LogP) is 2.43. The number of hydrogen-bond donors (Lipinski definition) is 0. The molecule has 0 unspecified atom stereocenters. The van der Waals surface area contributed by atoms with E-state index in [0.29, 0.717) is 22.9 Å². The molecule has 6 heteroatoms. The van der Waals surface area contributed by atoms with Crippen LogP contribution in [0.5, 0.6) is 11.5 Å². The number of carbonyl (C=O) groups excluding carboxylic acids is 2. The van der Waals surface area contributed by atoms with E-state index in [1.807, 2.05) is 36.4 Å². The van der Waals surface area contributed by atoms with Gasteiger partial charge in [-0.15, -0.1) is 0 Å². The lowest BCUT2D eigenvalue weighted by atomic mass is 10.2. The van der Waals surface area contributed by atoms with E-state index in [1.54, 1.807) is 36.2 Å². The molecule has 0 radical (unpaired) electrons. The van der Waals surface area contributed by atoms with Crippen LogP contribution in [0.15, 0.2) is 48.5 Å². The topological polar surface area (TPSA) is 59.1 Å². The van der Waals surface area contributed by atoms with Gasteiger partial charge in [0.1, 0.15) is 24.6 Å². The fourth-order valence-corrected chi connectivity index (χ4v) is 2.63. The van der Waals surface area contributed by atoms with Crippen LogP contribution in [0.2, 0.25) is 0 Å². The second-order valence-electron chi connectivity index (χ2n) is 5.36. The van der Waals surface area contributed by atoms with Gasteiger partial charge in [0.25, 0.3) is 0 Å². The van der Waals surface area contributed by atoms with E-state index in [-0.39, 0.29) is 24.9 Å². The van der Waals surface area contributed by atoms with Crippen molar-refractivity contribution in [2.75, 3.05) is 30.7 Å². The van der Waals surface area contributed by atoms with E-state index in [2.05, 4.69) is 0 Å². The summed E-state index contributed by atoms with van der Waals surface area (Å²) < 4.78 is 10.4. The molecule has 2 aromatic rings. The largest absolute Gasteiger partial charge is 0.497 e. The Bertz CT molecular complexity index is 712. The average molecular weight is 326 g/mol. The highest BCUT2D eigenvalue weighted by atomic mass is 16.5. The molecule has 0 bridgehead atoms. The van der Waals surface area contributed by atoms with Gasteiger partial charge in [-0.25, -0.2) is 0 Å². The van der Waals surface area contributed by atoms with E-state index in [1.165, 1.54) is 0 Å². The molecule has 0 atom stereocenters. The predicted molar refractivity (Wildman–Crippen MR) is 90.4 cm³/mol. The minimum absolute atomic E-state index is 0.151. The molecule has 0 spiro atoms. The number of nitrogens with zero attached hydrogens (tertiary/aromatic N) is 2. The van der Waals surface area contributed by atoms with Crippen molar-refractivity contribution in [2.45, 2.75) is 6.42 Å². The molecule has 3 rings (SSSR count). The quantitative estimate of drug-likeness (QED) is 0.810. The molecule has 2 aromatic carbocycles. The maximum absolute atomic E-state index is 12.3. The molecule has 0 N–H and O–H groups in total. The molecule has 1 heterocycles. The normalized spacial score (nSPS) is 14.8. The Morgan fingerprint density at radius 1 is 0.792 bits per heavy atom. The molecular weight excluding hydrogens is 308 g/mol. The van der Waals surface area contributed by atoms with Crippen molar-refractivity contribution in [2.24, 2.45) is 0 Å². The summed E-state index contributed by atoms with van der Waals surface area (Å²) in [4.78, 5) is 27.8. The van der Waals surface area contributed by atoms with Gasteiger partial charge >= 0.3 is 0 Å². The zero-order chi connectivity index (χ0) is 17.1. The van der Waals surface area contributed by atoms with Gasteiger partial charge in [0.15, 0.2) is 0 Å². The number of methoxy groups -OCH3 is 2. The van der Waals surface area contributed by atoms with Gasteiger partial charge < -0.3 is 9.47 Å². The van der Waals surface area contributed by atoms with Crippen molar-refractivity contribution in [3.05, 3.63) is 48.5 Å². The van der Waals surface area contributed by atoms with E-state index in [0.717, 1.165) is 0 Å². The second-order valence-corrected chi connectivity index (χ2v) is 5.36. The van der Waals surface area contributed by atoms with Crippen molar-refractivity contribution >= 4 is 23.2 Å². The Balaban J connectivity index is 1.91. The first kappa shape index (κ1) is 15.9. The number of hydrogen-bond acceptors (Lipinski definition) is 4. The maximum atomic E-state index is 12.3. The van der Waals surface area contributed by atoms with Gasteiger partial charge in [0.05, 0.1) is 14.2 Å². The molecule has 1 fully saturated rings. The minimum Gasteiger partial charge on any atom is -0.497 e. The van der Waals surface area contributed by atoms with Crippen LogP contribution in [-0.2, 0) is 9.59 Å². The van der Waals surface area contributed by atoms with E-state index in [9.17, 15) is 9.59 Å². The van der Waals surface area contributed by atoms with Crippen LogP contribution in [0.1, 0.15) is 6.42 Å². The summed E-state index contributed by atoms with van der Waals surface area (Å²) in [7, 11) is 3.15. The first-order valence-electron chi connectivity index (χ1n) is 7.51. The first-order chi connectivity index (χ1) is 11.6. The van der Waals surface area contributed by atoms with Crippen molar-refractivity contribution in [3.63, 3.8) is 0 Å². The molecule has 1 aliphatic heterocycles. The fraction of sp³-hybridized carbons (Fsp3) is 0.222. The summed E-state index contributed by atoms with van der Waals surface area (Å²) in [6, 6.07) is 14.4. The number of benzene rings is 2. The third kappa shape index (κ3) is 3.03. The minimum atomic E-state index is -0.229. The molecule has 0 aliphatic carbocycles. The number of amides is 2. The molecule has 0 aromatic heterocycles. The highest BCUT2D eigenvalue weighted by Crippen LogP contribution is 2.28. The van der Waals surface area contributed by atoms with Gasteiger partial charge in [0, 0.05) is 23.5 Å². The summed E-state index contributed by atoms with van der Waals surface area (Å²) in [5.41, 5.74) is 1.39. The Morgan fingerprint density at radius 2 is 1.25 bits per heavy atom. The maximum Gasteiger partial charge on any atom is 0.237 e. The van der Waals surface area contributed by atoms with Crippen molar-refractivity contribution in [3.8, 4) is 11.5 Å². The Morgan fingerprint density at radius 3 is 1.67 bits per heavy atom. The Hall–Kier alpha value is -3.02. The van der Waals surface area contributed by atoms with Crippen molar-refractivity contribution in [1.82, 2.24) is 0 Å². The monoisotopic (exact) mass is 326 g/mol. The third-order valence-corrected chi connectivity index (χ3v) is 3.92. The molecule has 1 aliphatic rings. The third-order valence-electron chi connectivity index (χ3n) is 3.92. The van der Waals surface area contributed by atoms with Gasteiger partial charge in [-0.3, -0.25) is 19.4 Å².